The molecule has 0 bridgehead atoms. The molecule has 0 aliphatic heterocycles. The van der Waals surface area contributed by atoms with E-state index in [1.807, 2.05) is 51.1 Å². The summed E-state index contributed by atoms with van der Waals surface area (Å²) in [6.07, 6.45) is 0.955. The molecule has 0 spiro atoms. The summed E-state index contributed by atoms with van der Waals surface area (Å²) >= 11 is 0. The molecule has 0 aliphatic carbocycles. The van der Waals surface area contributed by atoms with Crippen LogP contribution in [-0.4, -0.2) is 17.7 Å². The van der Waals surface area contributed by atoms with Gasteiger partial charge in [-0.2, -0.15) is 0 Å². The van der Waals surface area contributed by atoms with Crippen LogP contribution in [0.4, 0.5) is 0 Å². The average molecular weight is 390 g/mol. The van der Waals surface area contributed by atoms with Crippen LogP contribution in [0.25, 0.3) is 11.1 Å². The second kappa shape index (κ2) is 8.82. The summed E-state index contributed by atoms with van der Waals surface area (Å²) < 4.78 is 11.8. The minimum atomic E-state index is -1.02. The van der Waals surface area contributed by atoms with Gasteiger partial charge in [0.15, 0.2) is 0 Å². The summed E-state index contributed by atoms with van der Waals surface area (Å²) in [7, 11) is 0. The van der Waals surface area contributed by atoms with Crippen LogP contribution in [0.3, 0.4) is 0 Å². The Kier molecular flexibility index (Phi) is 6.23. The van der Waals surface area contributed by atoms with Gasteiger partial charge in [0, 0.05) is 0 Å². The van der Waals surface area contributed by atoms with Crippen molar-refractivity contribution in [1.82, 2.24) is 0 Å². The van der Waals surface area contributed by atoms with Crippen LogP contribution in [-0.2, 0) is 0 Å². The molecule has 0 fully saturated rings. The number of hydrogen-bond acceptors (Lipinski definition) is 3. The van der Waals surface area contributed by atoms with Gasteiger partial charge < -0.3 is 14.6 Å². The molecule has 1 N–H and O–H groups in total. The van der Waals surface area contributed by atoms with E-state index in [0.717, 1.165) is 40.0 Å². The fraction of sp³-hybridized carbons (Fsp3) is 0.240. The number of rotatable bonds is 7. The molecule has 0 atom stereocenters. The smallest absolute Gasteiger partial charge is 0.339 e. The molecular weight excluding hydrogens is 364 g/mol. The number of ether oxygens (including phenoxy) is 2. The average Bonchev–Trinajstić information content (AvgIpc) is 2.69. The zero-order valence-electron chi connectivity index (χ0n) is 17.3. The molecule has 0 unspecified atom stereocenters. The van der Waals surface area contributed by atoms with E-state index in [-0.39, 0.29) is 5.56 Å². The summed E-state index contributed by atoms with van der Waals surface area (Å²) in [5, 5.41) is 9.56. The van der Waals surface area contributed by atoms with Crippen molar-refractivity contribution in [2.45, 2.75) is 34.1 Å². The molecule has 0 amide bonds. The third-order valence-corrected chi connectivity index (χ3v) is 4.70. The number of aryl methyl sites for hydroxylation is 3. The van der Waals surface area contributed by atoms with E-state index in [0.29, 0.717) is 18.1 Å². The fourth-order valence-corrected chi connectivity index (χ4v) is 3.25. The molecule has 0 saturated carbocycles. The monoisotopic (exact) mass is 390 g/mol. The number of carboxylic acids is 1. The molecular formula is C25H26O4. The first-order chi connectivity index (χ1) is 13.9. The largest absolute Gasteiger partial charge is 0.493 e. The van der Waals surface area contributed by atoms with Crippen molar-refractivity contribution >= 4 is 5.97 Å². The molecule has 4 nitrogen and oxygen atoms in total. The molecule has 29 heavy (non-hydrogen) atoms. The van der Waals surface area contributed by atoms with Crippen molar-refractivity contribution in [1.29, 1.82) is 0 Å². The van der Waals surface area contributed by atoms with Crippen LogP contribution in [0.1, 0.15) is 40.4 Å². The van der Waals surface area contributed by atoms with Gasteiger partial charge >= 0.3 is 5.97 Å². The Bertz CT molecular complexity index is 996. The molecule has 3 aromatic rings. The molecule has 3 aromatic carbocycles. The Morgan fingerprint density at radius 2 is 1.55 bits per heavy atom. The van der Waals surface area contributed by atoms with Crippen LogP contribution in [0.2, 0.25) is 0 Å². The van der Waals surface area contributed by atoms with Crippen molar-refractivity contribution in [2.24, 2.45) is 0 Å². The Morgan fingerprint density at radius 3 is 2.14 bits per heavy atom. The number of carbonyl (C=O) groups is 1. The Balaban J connectivity index is 2.00. The zero-order valence-corrected chi connectivity index (χ0v) is 17.3. The van der Waals surface area contributed by atoms with Crippen molar-refractivity contribution < 1.29 is 19.4 Å². The Hall–Kier alpha value is -3.27. The first-order valence-corrected chi connectivity index (χ1v) is 9.75. The molecule has 150 valence electrons. The maximum atomic E-state index is 11.7. The zero-order chi connectivity index (χ0) is 21.0. The van der Waals surface area contributed by atoms with Gasteiger partial charge in [-0.05, 0) is 85.8 Å². The van der Waals surface area contributed by atoms with E-state index >= 15 is 0 Å². The van der Waals surface area contributed by atoms with Crippen molar-refractivity contribution in [2.75, 3.05) is 6.61 Å². The number of carboxylic acid groups (broad SMARTS) is 1. The minimum absolute atomic E-state index is 0.130. The standard InChI is InChI=1S/C25H26O4/c1-5-12-28-24-17(3)13-20(14-18(24)4)19-8-11-22(25(26)27)23(15-19)29-21-9-6-16(2)7-10-21/h6-11,13-15H,5,12H2,1-4H3,(H,26,27). The molecule has 0 radical (unpaired) electrons. The number of benzene rings is 3. The number of hydrogen-bond donors (Lipinski definition) is 1. The highest BCUT2D eigenvalue weighted by Gasteiger charge is 2.15. The Labute approximate surface area is 171 Å². The highest BCUT2D eigenvalue weighted by Crippen LogP contribution is 2.34. The van der Waals surface area contributed by atoms with Crippen LogP contribution in [0.15, 0.2) is 54.6 Å². The molecule has 3 rings (SSSR count). The van der Waals surface area contributed by atoms with Gasteiger partial charge in [-0.1, -0.05) is 30.7 Å². The van der Waals surface area contributed by atoms with E-state index in [1.54, 1.807) is 12.1 Å². The topological polar surface area (TPSA) is 55.8 Å². The van der Waals surface area contributed by atoms with E-state index in [1.165, 1.54) is 0 Å². The summed E-state index contributed by atoms with van der Waals surface area (Å²) in [6, 6.07) is 16.8. The third-order valence-electron chi connectivity index (χ3n) is 4.70. The molecule has 0 aliphatic rings. The normalized spacial score (nSPS) is 10.6. The van der Waals surface area contributed by atoms with Gasteiger partial charge in [-0.25, -0.2) is 4.79 Å². The second-order valence-corrected chi connectivity index (χ2v) is 7.22. The molecule has 0 saturated heterocycles. The van der Waals surface area contributed by atoms with Gasteiger partial charge in [0.1, 0.15) is 22.8 Å². The number of aromatic carboxylic acids is 1. The van der Waals surface area contributed by atoms with Crippen molar-refractivity contribution in [3.63, 3.8) is 0 Å². The van der Waals surface area contributed by atoms with Gasteiger partial charge in [0.2, 0.25) is 0 Å². The van der Waals surface area contributed by atoms with E-state index in [2.05, 4.69) is 19.1 Å². The first kappa shape index (κ1) is 20.5. The second-order valence-electron chi connectivity index (χ2n) is 7.22. The van der Waals surface area contributed by atoms with Gasteiger partial charge in [0.05, 0.1) is 6.61 Å². The van der Waals surface area contributed by atoms with Gasteiger partial charge in [-0.3, -0.25) is 0 Å². The lowest BCUT2D eigenvalue weighted by atomic mass is 9.98. The summed E-state index contributed by atoms with van der Waals surface area (Å²) in [5.74, 6) is 0.814. The van der Waals surface area contributed by atoms with E-state index in [4.69, 9.17) is 9.47 Å². The highest BCUT2D eigenvalue weighted by atomic mass is 16.5. The lowest BCUT2D eigenvalue weighted by molar-refractivity contribution is 0.0694. The third kappa shape index (κ3) is 4.77. The SMILES string of the molecule is CCCOc1c(C)cc(-c2ccc(C(=O)O)c(Oc3ccc(C)cc3)c2)cc1C. The summed E-state index contributed by atoms with van der Waals surface area (Å²) in [6.45, 7) is 8.81. The Morgan fingerprint density at radius 1 is 0.897 bits per heavy atom. The summed E-state index contributed by atoms with van der Waals surface area (Å²) in [5.41, 5.74) is 5.24. The van der Waals surface area contributed by atoms with E-state index in [9.17, 15) is 9.90 Å². The van der Waals surface area contributed by atoms with Crippen LogP contribution in [0.5, 0.6) is 17.2 Å². The molecule has 0 aromatic heterocycles. The van der Waals surface area contributed by atoms with Crippen molar-refractivity contribution in [3.05, 3.63) is 76.9 Å². The van der Waals surface area contributed by atoms with Gasteiger partial charge in [0.25, 0.3) is 0 Å². The minimum Gasteiger partial charge on any atom is -0.493 e. The highest BCUT2D eigenvalue weighted by molar-refractivity contribution is 5.92. The summed E-state index contributed by atoms with van der Waals surface area (Å²) in [4.78, 5) is 11.7. The predicted octanol–water partition coefficient (Wildman–Crippen LogP) is 6.56. The maximum Gasteiger partial charge on any atom is 0.339 e. The van der Waals surface area contributed by atoms with Crippen LogP contribution >= 0.6 is 0 Å². The quantitative estimate of drug-likeness (QED) is 0.496. The molecule has 4 heteroatoms. The lowest BCUT2D eigenvalue weighted by Crippen LogP contribution is -2.01. The van der Waals surface area contributed by atoms with Crippen LogP contribution < -0.4 is 9.47 Å². The van der Waals surface area contributed by atoms with Gasteiger partial charge in [-0.15, -0.1) is 0 Å². The van der Waals surface area contributed by atoms with E-state index < -0.39 is 5.97 Å². The predicted molar refractivity (Wildman–Crippen MR) is 115 cm³/mol. The molecule has 0 heterocycles. The van der Waals surface area contributed by atoms with Crippen molar-refractivity contribution in [3.8, 4) is 28.4 Å². The first-order valence-electron chi connectivity index (χ1n) is 9.75. The fourth-order valence-electron chi connectivity index (χ4n) is 3.25. The maximum absolute atomic E-state index is 11.7. The van der Waals surface area contributed by atoms with Crippen LogP contribution in [0, 0.1) is 20.8 Å². The lowest BCUT2D eigenvalue weighted by Gasteiger charge is -2.15.